The van der Waals surface area contributed by atoms with E-state index in [0.717, 1.165) is 24.4 Å². The third-order valence-corrected chi connectivity index (χ3v) is 6.04. The average Bonchev–Trinajstić information content (AvgIpc) is 3.23. The number of para-hydroxylation sites is 1. The van der Waals surface area contributed by atoms with Crippen molar-refractivity contribution in [1.29, 1.82) is 0 Å². The summed E-state index contributed by atoms with van der Waals surface area (Å²) < 4.78 is 5.48. The Kier molecular flexibility index (Phi) is 14.6. The van der Waals surface area contributed by atoms with Gasteiger partial charge in [0.25, 0.3) is 0 Å². The van der Waals surface area contributed by atoms with E-state index in [0.29, 0.717) is 0 Å². The Bertz CT molecular complexity index is 1060. The summed E-state index contributed by atoms with van der Waals surface area (Å²) in [4.78, 5) is 4.81. The number of halogens is 2. The van der Waals surface area contributed by atoms with Gasteiger partial charge in [0, 0.05) is 30.2 Å². The van der Waals surface area contributed by atoms with E-state index >= 15 is 0 Å². The average molecular weight is 644 g/mol. The predicted molar refractivity (Wildman–Crippen MR) is 165 cm³/mol. The molecule has 212 valence electrons. The van der Waals surface area contributed by atoms with Crippen LogP contribution in [0.15, 0.2) is 48.5 Å². The number of aryl methyl sites for hydroxylation is 6. The molecule has 0 N–H and O–H groups in total. The van der Waals surface area contributed by atoms with Crippen LogP contribution in [0.25, 0.3) is 0 Å². The molecule has 0 unspecified atom stereocenters. The molecule has 3 nitrogen and oxygen atoms in total. The van der Waals surface area contributed by atoms with Crippen molar-refractivity contribution in [3.8, 4) is 5.75 Å². The first kappa shape index (κ1) is 34.2. The van der Waals surface area contributed by atoms with Gasteiger partial charge < -0.3 is 22.0 Å². The van der Waals surface area contributed by atoms with E-state index in [1.54, 1.807) is 0 Å². The van der Waals surface area contributed by atoms with E-state index in [4.69, 9.17) is 24.1 Å². The number of rotatable bonds is 4. The number of hydrogen-bond acceptors (Lipinski definition) is 3. The zero-order valence-electron chi connectivity index (χ0n) is 24.3. The number of hydrogen-bond donors (Lipinski definition) is 0. The second kappa shape index (κ2) is 16.3. The van der Waals surface area contributed by atoms with Crippen LogP contribution in [0.2, 0.25) is 0 Å². The van der Waals surface area contributed by atoms with E-state index in [-0.39, 0.29) is 28.7 Å². The molecule has 0 bridgehead atoms. The molecule has 1 aliphatic rings. The van der Waals surface area contributed by atoms with E-state index in [2.05, 4.69) is 89.2 Å². The van der Waals surface area contributed by atoms with Crippen molar-refractivity contribution in [2.75, 3.05) is 22.9 Å². The summed E-state index contributed by atoms with van der Waals surface area (Å²) in [6.45, 7) is 25.4. The van der Waals surface area contributed by atoms with Gasteiger partial charge in [-0.3, -0.25) is 0 Å². The fraction of sp³-hybridized carbons (Fsp3) is 0.344. The normalized spacial score (nSPS) is 12.4. The summed E-state index contributed by atoms with van der Waals surface area (Å²) in [6, 6.07) is 16.9. The van der Waals surface area contributed by atoms with Gasteiger partial charge in [0.05, 0.1) is 6.10 Å². The Morgan fingerprint density at radius 2 is 1.16 bits per heavy atom. The maximum atomic E-state index is 5.48. The second-order valence-corrected chi connectivity index (χ2v) is 12.5. The summed E-state index contributed by atoms with van der Waals surface area (Å²) in [6.07, 6.45) is 0.220. The molecule has 1 saturated heterocycles. The minimum atomic E-state index is -0.346. The molecule has 3 aromatic rings. The molecule has 4 rings (SSSR count). The Hall–Kier alpha value is -1.87. The van der Waals surface area contributed by atoms with Crippen molar-refractivity contribution in [1.82, 2.24) is 0 Å². The first-order valence-corrected chi connectivity index (χ1v) is 16.9. The van der Waals surface area contributed by atoms with Crippen molar-refractivity contribution < 1.29 is 19.9 Å². The van der Waals surface area contributed by atoms with Gasteiger partial charge in [-0.15, -0.1) is 6.07 Å². The van der Waals surface area contributed by atoms with Gasteiger partial charge in [0.2, 0.25) is 0 Å². The van der Waals surface area contributed by atoms with Gasteiger partial charge in [-0.1, -0.05) is 47.5 Å². The van der Waals surface area contributed by atoms with Crippen LogP contribution in [-0.4, -0.2) is 19.2 Å². The van der Waals surface area contributed by atoms with Gasteiger partial charge in [0.1, 0.15) is 0 Å². The van der Waals surface area contributed by atoms with Crippen LogP contribution in [0.5, 0.6) is 5.75 Å². The number of benzene rings is 3. The molecule has 0 aromatic heterocycles. The molecule has 0 atom stereocenters. The molecular weight excluding hydrogens is 600 g/mol. The van der Waals surface area contributed by atoms with Crippen LogP contribution in [0.3, 0.4) is 0 Å². The zero-order valence-corrected chi connectivity index (χ0v) is 27.6. The Morgan fingerprint density at radius 1 is 0.789 bits per heavy atom. The van der Waals surface area contributed by atoms with Crippen molar-refractivity contribution in [2.45, 2.75) is 61.5 Å². The summed E-state index contributed by atoms with van der Waals surface area (Å²) in [5, 5.41) is 0. The summed E-state index contributed by atoms with van der Waals surface area (Å²) in [5.74, 6) is 0.877. The molecular formula is C32H43Cl2N2ORu-3. The van der Waals surface area contributed by atoms with E-state index in [1.807, 2.05) is 38.1 Å². The van der Waals surface area contributed by atoms with Gasteiger partial charge in [-0.05, 0) is 77.6 Å². The zero-order chi connectivity index (χ0) is 27.7. The standard InChI is InChI=1S/C21H27N2.C10H13O.CH3.2ClH.Ru/c1-14-9-16(3)20(17(4)10-14)22-7-8-23(13-22)21-18(5)11-15(2)12-19(21)6;1-8(2)11-10-7-5-4-6-9(10)3;;;;/h9-13H,7-8H2,1-6H3;4-8H,3H2,1-2H3;1H3;2*1H;/q3*-1;;;+2/p-2. The van der Waals surface area contributed by atoms with Crippen LogP contribution in [0.4, 0.5) is 11.4 Å². The molecule has 6 heteroatoms. The molecule has 0 aliphatic carbocycles. The molecule has 1 aliphatic heterocycles. The topological polar surface area (TPSA) is 15.7 Å². The quantitative estimate of drug-likeness (QED) is 0.208. The van der Waals surface area contributed by atoms with Gasteiger partial charge in [-0.25, -0.2) is 0 Å². The second-order valence-electron chi connectivity index (χ2n) is 9.82. The van der Waals surface area contributed by atoms with Crippen molar-refractivity contribution in [3.63, 3.8) is 0 Å². The molecule has 0 saturated carbocycles. The van der Waals surface area contributed by atoms with Crippen LogP contribution >= 0.6 is 19.4 Å². The van der Waals surface area contributed by atoms with Crippen molar-refractivity contribution in [3.05, 3.63) is 108 Å². The Balaban J connectivity index is 0.000000405. The summed E-state index contributed by atoms with van der Waals surface area (Å²) in [7, 11) is 9.71. The van der Waals surface area contributed by atoms with Crippen molar-refractivity contribution in [2.24, 2.45) is 0 Å². The van der Waals surface area contributed by atoms with Crippen LogP contribution in [0.1, 0.15) is 52.8 Å². The fourth-order valence-corrected chi connectivity index (χ4v) is 4.96. The molecule has 0 amide bonds. The minimum absolute atomic E-state index is 0. The third-order valence-electron chi connectivity index (χ3n) is 6.04. The molecule has 1 heterocycles. The predicted octanol–water partition coefficient (Wildman–Crippen LogP) is 9.47. The summed E-state index contributed by atoms with van der Waals surface area (Å²) in [5.41, 5.74) is 11.8. The summed E-state index contributed by atoms with van der Waals surface area (Å²) >= 11 is -0.346. The van der Waals surface area contributed by atoms with Gasteiger partial charge in [0.15, 0.2) is 0 Å². The molecule has 0 spiro atoms. The van der Waals surface area contributed by atoms with Crippen LogP contribution in [-0.2, 0) is 15.1 Å². The van der Waals surface area contributed by atoms with Crippen LogP contribution < -0.4 is 14.5 Å². The van der Waals surface area contributed by atoms with E-state index in [9.17, 15) is 0 Å². The first-order valence-electron chi connectivity index (χ1n) is 12.4. The number of nitrogens with zero attached hydrogens (tertiary/aromatic N) is 2. The van der Waals surface area contributed by atoms with Crippen LogP contribution in [0, 0.1) is 62.6 Å². The number of anilines is 2. The van der Waals surface area contributed by atoms with E-state index < -0.39 is 0 Å². The Labute approximate surface area is 248 Å². The molecule has 3 aromatic carbocycles. The molecule has 0 radical (unpaired) electrons. The third kappa shape index (κ3) is 9.71. The monoisotopic (exact) mass is 643 g/mol. The first-order chi connectivity index (χ1) is 17.5. The fourth-order valence-electron chi connectivity index (χ4n) is 4.96. The van der Waals surface area contributed by atoms with Gasteiger partial charge >= 0.3 is 34.5 Å². The SMILES string of the molecule is Cc1cc(C)c(N2[CH-]N(c3c(C)cc(C)cc3C)CC2)c(C)c1.[CH2-]c1ccccc1OC(C)C.[CH3-].[Cl][Ru][Cl]. The molecule has 1 fully saturated rings. The molecule has 38 heavy (non-hydrogen) atoms. The maximum absolute atomic E-state index is 5.48. The number of ether oxygens (including phenoxy) is 1. The Morgan fingerprint density at radius 3 is 1.50 bits per heavy atom. The van der Waals surface area contributed by atoms with Crippen molar-refractivity contribution >= 4 is 30.8 Å². The van der Waals surface area contributed by atoms with E-state index in [1.165, 1.54) is 44.8 Å². The van der Waals surface area contributed by atoms with Gasteiger partial charge in [-0.2, -0.15) is 25.2 Å².